The van der Waals surface area contributed by atoms with Gasteiger partial charge in [-0.05, 0) is 56.1 Å². The molecule has 0 saturated carbocycles. The molecule has 1 aromatic rings. The molecule has 1 aromatic carbocycles. The van der Waals surface area contributed by atoms with Crippen LogP contribution in [0, 0.1) is 11.3 Å². The molecule has 0 radical (unpaired) electrons. The van der Waals surface area contributed by atoms with Crippen molar-refractivity contribution >= 4 is 6.03 Å². The smallest absolute Gasteiger partial charge is 0.320 e. The number of carbonyl (C=O) groups is 1. The zero-order valence-electron chi connectivity index (χ0n) is 18.2. The van der Waals surface area contributed by atoms with E-state index in [4.69, 9.17) is 0 Å². The van der Waals surface area contributed by atoms with Gasteiger partial charge in [-0.2, -0.15) is 0 Å². The van der Waals surface area contributed by atoms with E-state index in [0.717, 1.165) is 38.8 Å². The Hall–Kier alpha value is -1.55. The van der Waals surface area contributed by atoms with Gasteiger partial charge in [-0.3, -0.25) is 0 Å². The van der Waals surface area contributed by atoms with Crippen molar-refractivity contribution in [2.45, 2.75) is 77.4 Å². The molecule has 3 aliphatic rings. The number of nitrogens with zero attached hydrogens (tertiary/aromatic N) is 2. The highest BCUT2D eigenvalue weighted by Gasteiger charge is 2.57. The average Bonchev–Trinajstić information content (AvgIpc) is 2.64. The number of aliphatic hydroxyl groups is 1. The highest BCUT2D eigenvalue weighted by atomic mass is 16.3. The van der Waals surface area contributed by atoms with Crippen molar-refractivity contribution in [2.24, 2.45) is 11.3 Å². The third kappa shape index (κ3) is 2.87. The standard InChI is InChI=1S/C24H36N2O2/c1-22(2)20-15-17-9-6-7-11-19(17)24(22,5)12-14-26(20)21(27)25-13-8-10-18(16-25)23(3,4)28/h6-7,9,11,18,20,28H,8,10,12-16H2,1-5H3/t18-,20+,24-/m0/s1. The predicted molar refractivity (Wildman–Crippen MR) is 112 cm³/mol. The summed E-state index contributed by atoms with van der Waals surface area (Å²) in [4.78, 5) is 17.8. The van der Waals surface area contributed by atoms with E-state index in [9.17, 15) is 9.90 Å². The molecule has 4 heteroatoms. The van der Waals surface area contributed by atoms with Crippen LogP contribution in [0.25, 0.3) is 0 Å². The molecular weight excluding hydrogens is 348 g/mol. The van der Waals surface area contributed by atoms with Crippen LogP contribution >= 0.6 is 0 Å². The molecule has 3 atom stereocenters. The Morgan fingerprint density at radius 2 is 1.89 bits per heavy atom. The van der Waals surface area contributed by atoms with E-state index in [2.05, 4.69) is 49.9 Å². The van der Waals surface area contributed by atoms with Crippen molar-refractivity contribution in [3.63, 3.8) is 0 Å². The Morgan fingerprint density at radius 1 is 1.18 bits per heavy atom. The quantitative estimate of drug-likeness (QED) is 0.788. The molecule has 4 nitrogen and oxygen atoms in total. The molecular formula is C24H36N2O2. The van der Waals surface area contributed by atoms with Crippen LogP contribution in [-0.2, 0) is 11.8 Å². The molecule has 0 aromatic heterocycles. The zero-order chi connectivity index (χ0) is 20.3. The molecule has 1 N–H and O–H groups in total. The number of rotatable bonds is 1. The van der Waals surface area contributed by atoms with E-state index in [1.165, 1.54) is 11.1 Å². The Bertz CT molecular complexity index is 766. The molecule has 154 valence electrons. The van der Waals surface area contributed by atoms with Crippen LogP contribution in [0.2, 0.25) is 0 Å². The van der Waals surface area contributed by atoms with Crippen molar-refractivity contribution in [3.8, 4) is 0 Å². The molecule has 0 spiro atoms. The van der Waals surface area contributed by atoms with Gasteiger partial charge in [-0.15, -0.1) is 0 Å². The average molecular weight is 385 g/mol. The van der Waals surface area contributed by atoms with E-state index in [0.29, 0.717) is 6.54 Å². The molecule has 2 aliphatic heterocycles. The first-order valence-electron chi connectivity index (χ1n) is 10.9. The molecule has 2 bridgehead atoms. The number of likely N-dealkylation sites (tertiary alicyclic amines) is 2. The van der Waals surface area contributed by atoms with Gasteiger partial charge < -0.3 is 14.9 Å². The summed E-state index contributed by atoms with van der Waals surface area (Å²) in [7, 11) is 0. The second-order valence-corrected chi connectivity index (χ2v) is 10.6. The van der Waals surface area contributed by atoms with Gasteiger partial charge in [0.1, 0.15) is 0 Å². The van der Waals surface area contributed by atoms with Gasteiger partial charge in [0.2, 0.25) is 0 Å². The monoisotopic (exact) mass is 384 g/mol. The maximum absolute atomic E-state index is 13.6. The SMILES string of the molecule is CC(C)(O)[C@H]1CCCN(C(=O)N2CC[C@@]3(C)c4ccccc4C[C@@H]2C3(C)C)C1. The van der Waals surface area contributed by atoms with Crippen molar-refractivity contribution in [1.82, 2.24) is 9.80 Å². The van der Waals surface area contributed by atoms with Crippen LogP contribution < -0.4 is 0 Å². The lowest BCUT2D eigenvalue weighted by Gasteiger charge is -2.61. The summed E-state index contributed by atoms with van der Waals surface area (Å²) in [6, 6.07) is 9.21. The summed E-state index contributed by atoms with van der Waals surface area (Å²) in [6.07, 6.45) is 3.91. The number of piperidine rings is 2. The topological polar surface area (TPSA) is 43.8 Å². The third-order valence-electron chi connectivity index (χ3n) is 8.45. The number of urea groups is 1. The van der Waals surface area contributed by atoms with Crippen molar-refractivity contribution in [1.29, 1.82) is 0 Å². The van der Waals surface area contributed by atoms with Gasteiger partial charge in [-0.25, -0.2) is 4.79 Å². The second kappa shape index (κ2) is 6.48. The van der Waals surface area contributed by atoms with E-state index < -0.39 is 5.60 Å². The lowest BCUT2D eigenvalue weighted by atomic mass is 9.51. The normalized spacial score (nSPS) is 32.1. The summed E-state index contributed by atoms with van der Waals surface area (Å²) >= 11 is 0. The van der Waals surface area contributed by atoms with Crippen molar-refractivity contribution in [3.05, 3.63) is 35.4 Å². The molecule has 2 heterocycles. The summed E-state index contributed by atoms with van der Waals surface area (Å²) in [5.41, 5.74) is 2.27. The van der Waals surface area contributed by atoms with E-state index in [-0.39, 0.29) is 28.8 Å². The molecule has 28 heavy (non-hydrogen) atoms. The highest BCUT2D eigenvalue weighted by molar-refractivity contribution is 5.75. The first-order valence-corrected chi connectivity index (χ1v) is 10.9. The highest BCUT2D eigenvalue weighted by Crippen LogP contribution is 2.56. The first-order chi connectivity index (χ1) is 13.1. The van der Waals surface area contributed by atoms with Gasteiger partial charge in [0.05, 0.1) is 5.60 Å². The number of amides is 2. The van der Waals surface area contributed by atoms with Gasteiger partial charge in [0.15, 0.2) is 0 Å². The molecule has 2 amide bonds. The zero-order valence-corrected chi connectivity index (χ0v) is 18.2. The van der Waals surface area contributed by atoms with Gasteiger partial charge in [-0.1, -0.05) is 45.0 Å². The lowest BCUT2D eigenvalue weighted by Crippen LogP contribution is -2.67. The molecule has 2 fully saturated rings. The minimum absolute atomic E-state index is 0.0285. The molecule has 2 saturated heterocycles. The Morgan fingerprint density at radius 3 is 2.61 bits per heavy atom. The van der Waals surface area contributed by atoms with Crippen molar-refractivity contribution < 1.29 is 9.90 Å². The number of hydrogen-bond acceptors (Lipinski definition) is 2. The third-order valence-corrected chi connectivity index (χ3v) is 8.45. The maximum Gasteiger partial charge on any atom is 0.320 e. The number of fused-ring (bicyclic) bond motifs is 4. The summed E-state index contributed by atoms with van der Waals surface area (Å²) in [5, 5.41) is 10.5. The van der Waals surface area contributed by atoms with Gasteiger partial charge >= 0.3 is 6.03 Å². The van der Waals surface area contributed by atoms with Crippen LogP contribution in [-0.4, -0.2) is 52.2 Å². The van der Waals surface area contributed by atoms with Gasteiger partial charge in [0, 0.05) is 37.0 Å². The fourth-order valence-electron chi connectivity index (χ4n) is 6.01. The Labute approximate surface area is 169 Å². The largest absolute Gasteiger partial charge is 0.390 e. The maximum atomic E-state index is 13.6. The van der Waals surface area contributed by atoms with E-state index >= 15 is 0 Å². The predicted octanol–water partition coefficient (Wildman–Crippen LogP) is 4.20. The lowest BCUT2D eigenvalue weighted by molar-refractivity contribution is -0.0378. The van der Waals surface area contributed by atoms with E-state index in [1.807, 2.05) is 18.7 Å². The minimum atomic E-state index is -0.734. The molecule has 0 unspecified atom stereocenters. The summed E-state index contributed by atoms with van der Waals surface area (Å²) in [6.45, 7) is 13.1. The van der Waals surface area contributed by atoms with Gasteiger partial charge in [0.25, 0.3) is 0 Å². The number of benzene rings is 1. The van der Waals surface area contributed by atoms with E-state index in [1.54, 1.807) is 0 Å². The van der Waals surface area contributed by atoms with Crippen LogP contribution in [0.3, 0.4) is 0 Å². The second-order valence-electron chi connectivity index (χ2n) is 10.6. The fraction of sp³-hybridized carbons (Fsp3) is 0.708. The van der Waals surface area contributed by atoms with Crippen LogP contribution in [0.15, 0.2) is 24.3 Å². The molecule has 4 rings (SSSR count). The summed E-state index contributed by atoms with van der Waals surface area (Å²) in [5.74, 6) is 0.153. The summed E-state index contributed by atoms with van der Waals surface area (Å²) < 4.78 is 0. The fourth-order valence-corrected chi connectivity index (χ4v) is 6.01. The van der Waals surface area contributed by atoms with Crippen LogP contribution in [0.4, 0.5) is 4.79 Å². The molecule has 1 aliphatic carbocycles. The Kier molecular flexibility index (Phi) is 4.57. The minimum Gasteiger partial charge on any atom is -0.390 e. The number of carbonyl (C=O) groups excluding carboxylic acids is 1. The number of hydrogen-bond donors (Lipinski definition) is 1. The first kappa shape index (κ1) is 19.8. The Balaban J connectivity index is 1.62. The van der Waals surface area contributed by atoms with Crippen molar-refractivity contribution in [2.75, 3.05) is 19.6 Å². The van der Waals surface area contributed by atoms with Crippen LogP contribution in [0.1, 0.15) is 65.0 Å². The van der Waals surface area contributed by atoms with Crippen LogP contribution in [0.5, 0.6) is 0 Å².